The van der Waals surface area contributed by atoms with Crippen LogP contribution in [-0.4, -0.2) is 25.6 Å². The average molecular weight is 209 g/mol. The number of terminal acetylenes is 1. The van der Waals surface area contributed by atoms with Crippen LogP contribution >= 0.6 is 0 Å². The normalized spacial score (nSPS) is 13.5. The molecule has 0 bridgehead atoms. The minimum absolute atomic E-state index is 0.427. The molecule has 86 valence electrons. The van der Waals surface area contributed by atoms with Gasteiger partial charge in [0, 0.05) is 13.1 Å². The molecule has 0 aliphatic rings. The zero-order valence-corrected chi connectivity index (χ0v) is 10.3. The molecule has 0 rings (SSSR count). The summed E-state index contributed by atoms with van der Waals surface area (Å²) in [4.78, 5) is 4.09. The second kappa shape index (κ2) is 8.16. The van der Waals surface area contributed by atoms with Crippen LogP contribution in [0.4, 0.5) is 0 Å². The third-order valence-corrected chi connectivity index (χ3v) is 2.14. The van der Waals surface area contributed by atoms with Crippen LogP contribution in [0.3, 0.4) is 0 Å². The summed E-state index contributed by atoms with van der Waals surface area (Å²) >= 11 is 0. The van der Waals surface area contributed by atoms with E-state index in [0.29, 0.717) is 12.6 Å². The number of nitrogens with one attached hydrogen (secondary N) is 2. The molecule has 0 aliphatic heterocycles. The van der Waals surface area contributed by atoms with E-state index in [1.807, 2.05) is 0 Å². The summed E-state index contributed by atoms with van der Waals surface area (Å²) in [6.07, 6.45) is 7.54. The largest absolute Gasteiger partial charge is 0.354 e. The van der Waals surface area contributed by atoms with E-state index in [0.717, 1.165) is 18.3 Å². The molecule has 2 N–H and O–H groups in total. The van der Waals surface area contributed by atoms with E-state index >= 15 is 0 Å². The lowest BCUT2D eigenvalue weighted by Gasteiger charge is -2.17. The third-order valence-electron chi connectivity index (χ3n) is 2.14. The number of aliphatic imine (C=N–C) groups is 1. The van der Waals surface area contributed by atoms with Gasteiger partial charge in [-0.2, -0.15) is 0 Å². The van der Waals surface area contributed by atoms with Gasteiger partial charge in [-0.15, -0.1) is 6.42 Å². The number of hydrogen-bond donors (Lipinski definition) is 2. The molecule has 0 heterocycles. The molecule has 0 aromatic carbocycles. The fraction of sp³-hybridized carbons (Fsp3) is 0.750. The van der Waals surface area contributed by atoms with Gasteiger partial charge in [0.15, 0.2) is 5.96 Å². The summed E-state index contributed by atoms with van der Waals surface area (Å²) in [5.41, 5.74) is 0. The lowest BCUT2D eigenvalue weighted by Crippen LogP contribution is -2.42. The van der Waals surface area contributed by atoms with Gasteiger partial charge in [-0.3, -0.25) is 4.99 Å². The number of hydrogen-bond acceptors (Lipinski definition) is 1. The maximum atomic E-state index is 5.17. The fourth-order valence-electron chi connectivity index (χ4n) is 1.22. The van der Waals surface area contributed by atoms with Crippen molar-refractivity contribution < 1.29 is 0 Å². The summed E-state index contributed by atoms with van der Waals surface area (Å²) in [6, 6.07) is 0.427. The molecule has 15 heavy (non-hydrogen) atoms. The summed E-state index contributed by atoms with van der Waals surface area (Å²) < 4.78 is 0. The molecule has 1 unspecified atom stereocenters. The summed E-state index contributed by atoms with van der Waals surface area (Å²) in [7, 11) is 1.75. The number of rotatable bonds is 5. The first-order valence-electron chi connectivity index (χ1n) is 5.50. The number of nitrogens with zero attached hydrogens (tertiary/aromatic N) is 1. The van der Waals surface area contributed by atoms with Gasteiger partial charge in [0.2, 0.25) is 0 Å². The highest BCUT2D eigenvalue weighted by molar-refractivity contribution is 5.80. The molecule has 3 heteroatoms. The number of guanidine groups is 1. The highest BCUT2D eigenvalue weighted by Gasteiger charge is 2.05. The van der Waals surface area contributed by atoms with Crippen molar-refractivity contribution in [2.45, 2.75) is 39.7 Å². The van der Waals surface area contributed by atoms with Crippen molar-refractivity contribution in [3.63, 3.8) is 0 Å². The molecule has 0 aliphatic carbocycles. The Hall–Kier alpha value is -1.17. The molecule has 0 aromatic rings. The molecule has 0 fully saturated rings. The molecular weight excluding hydrogens is 186 g/mol. The van der Waals surface area contributed by atoms with E-state index in [-0.39, 0.29) is 0 Å². The fourth-order valence-corrected chi connectivity index (χ4v) is 1.22. The van der Waals surface area contributed by atoms with E-state index < -0.39 is 0 Å². The highest BCUT2D eigenvalue weighted by atomic mass is 15.2. The van der Waals surface area contributed by atoms with Gasteiger partial charge >= 0.3 is 0 Å². The van der Waals surface area contributed by atoms with Crippen LogP contribution in [0.5, 0.6) is 0 Å². The lowest BCUT2D eigenvalue weighted by atomic mass is 10.0. The second-order valence-corrected chi connectivity index (χ2v) is 4.15. The van der Waals surface area contributed by atoms with E-state index in [1.165, 1.54) is 6.42 Å². The first-order chi connectivity index (χ1) is 7.10. The minimum atomic E-state index is 0.427. The van der Waals surface area contributed by atoms with Crippen molar-refractivity contribution in [1.82, 2.24) is 10.6 Å². The van der Waals surface area contributed by atoms with E-state index in [1.54, 1.807) is 7.05 Å². The van der Waals surface area contributed by atoms with Gasteiger partial charge in [-0.05, 0) is 25.7 Å². The predicted octanol–water partition coefficient (Wildman–Crippen LogP) is 1.61. The van der Waals surface area contributed by atoms with Crippen molar-refractivity contribution in [2.24, 2.45) is 10.9 Å². The summed E-state index contributed by atoms with van der Waals surface area (Å²) in [5, 5.41) is 6.34. The Balaban J connectivity index is 3.82. The Morgan fingerprint density at radius 1 is 1.33 bits per heavy atom. The summed E-state index contributed by atoms with van der Waals surface area (Å²) in [6.45, 7) is 7.14. The topological polar surface area (TPSA) is 36.4 Å². The zero-order valence-electron chi connectivity index (χ0n) is 10.3. The first-order valence-corrected chi connectivity index (χ1v) is 5.50. The Kier molecular flexibility index (Phi) is 7.53. The van der Waals surface area contributed by atoms with Crippen molar-refractivity contribution in [3.05, 3.63) is 0 Å². The van der Waals surface area contributed by atoms with Crippen molar-refractivity contribution >= 4 is 5.96 Å². The van der Waals surface area contributed by atoms with Crippen LogP contribution in [0, 0.1) is 18.3 Å². The smallest absolute Gasteiger partial charge is 0.191 e. The van der Waals surface area contributed by atoms with E-state index in [2.05, 4.69) is 42.3 Å². The van der Waals surface area contributed by atoms with Gasteiger partial charge in [-0.1, -0.05) is 19.8 Å². The maximum Gasteiger partial charge on any atom is 0.191 e. The van der Waals surface area contributed by atoms with Crippen LogP contribution in [0.25, 0.3) is 0 Å². The zero-order chi connectivity index (χ0) is 11.7. The second-order valence-electron chi connectivity index (χ2n) is 4.15. The van der Waals surface area contributed by atoms with Crippen molar-refractivity contribution in [1.29, 1.82) is 0 Å². The first kappa shape index (κ1) is 13.8. The Morgan fingerprint density at radius 2 is 2.00 bits per heavy atom. The molecule has 0 saturated carbocycles. The Morgan fingerprint density at radius 3 is 2.47 bits per heavy atom. The standard InChI is InChI=1S/C12H23N3/c1-6-9-14-12(13-5)15-11(4)8-7-10(2)3/h1,10-11H,7-9H2,2-5H3,(H2,13,14,15). The van der Waals surface area contributed by atoms with E-state index in [4.69, 9.17) is 6.42 Å². The molecule has 0 aromatic heterocycles. The van der Waals surface area contributed by atoms with Gasteiger partial charge < -0.3 is 10.6 Å². The van der Waals surface area contributed by atoms with Crippen LogP contribution in [0.15, 0.2) is 4.99 Å². The Labute approximate surface area is 93.7 Å². The van der Waals surface area contributed by atoms with Crippen LogP contribution < -0.4 is 10.6 Å². The van der Waals surface area contributed by atoms with Crippen LogP contribution in [0.2, 0.25) is 0 Å². The van der Waals surface area contributed by atoms with Crippen molar-refractivity contribution in [2.75, 3.05) is 13.6 Å². The quantitative estimate of drug-likeness (QED) is 0.410. The highest BCUT2D eigenvalue weighted by Crippen LogP contribution is 2.05. The van der Waals surface area contributed by atoms with Gasteiger partial charge in [0.25, 0.3) is 0 Å². The predicted molar refractivity (Wildman–Crippen MR) is 66.9 cm³/mol. The van der Waals surface area contributed by atoms with Gasteiger partial charge in [-0.25, -0.2) is 0 Å². The molecular formula is C12H23N3. The van der Waals surface area contributed by atoms with E-state index in [9.17, 15) is 0 Å². The van der Waals surface area contributed by atoms with Crippen molar-refractivity contribution in [3.8, 4) is 12.3 Å². The minimum Gasteiger partial charge on any atom is -0.354 e. The third kappa shape index (κ3) is 7.87. The van der Waals surface area contributed by atoms with Crippen LogP contribution in [-0.2, 0) is 0 Å². The molecule has 0 spiro atoms. The van der Waals surface area contributed by atoms with Gasteiger partial charge in [0.1, 0.15) is 0 Å². The SMILES string of the molecule is C#CCNC(=NC)NC(C)CCC(C)C. The molecule has 0 radical (unpaired) electrons. The summed E-state index contributed by atoms with van der Waals surface area (Å²) in [5.74, 6) is 4.05. The Bertz CT molecular complexity index is 226. The maximum absolute atomic E-state index is 5.17. The molecule has 3 nitrogen and oxygen atoms in total. The lowest BCUT2D eigenvalue weighted by molar-refractivity contribution is 0.490. The van der Waals surface area contributed by atoms with Gasteiger partial charge in [0.05, 0.1) is 6.54 Å². The van der Waals surface area contributed by atoms with Crippen LogP contribution in [0.1, 0.15) is 33.6 Å². The molecule has 0 saturated heterocycles. The molecule has 0 amide bonds. The monoisotopic (exact) mass is 209 g/mol. The molecule has 1 atom stereocenters. The average Bonchev–Trinajstić information content (AvgIpc) is 2.21.